The Labute approximate surface area is 166 Å². The number of ether oxygens (including phenoxy) is 1. The Balaban J connectivity index is 2.11. The maximum absolute atomic E-state index is 13.6. The van der Waals surface area contributed by atoms with E-state index in [0.29, 0.717) is 21.8 Å². The number of halogens is 3. The maximum atomic E-state index is 13.6. The summed E-state index contributed by atoms with van der Waals surface area (Å²) in [5, 5.41) is 0.567. The number of carbonyl (C=O) groups excluding carboxylic acids is 2. The molecule has 3 rings (SSSR count). The minimum absolute atomic E-state index is 0.202. The number of anilines is 1. The first kappa shape index (κ1) is 19.4. The smallest absolute Gasteiger partial charge is 0.422 e. The van der Waals surface area contributed by atoms with Crippen LogP contribution in [0.1, 0.15) is 31.9 Å². The van der Waals surface area contributed by atoms with E-state index in [2.05, 4.69) is 0 Å². The summed E-state index contributed by atoms with van der Waals surface area (Å²) in [6.07, 6.45) is 0.672. The molecule has 4 nitrogen and oxygen atoms in total. The second kappa shape index (κ2) is 6.98. The summed E-state index contributed by atoms with van der Waals surface area (Å²) in [6.45, 7) is 5.11. The molecule has 0 saturated heterocycles. The lowest BCUT2D eigenvalue weighted by Gasteiger charge is -2.23. The van der Waals surface area contributed by atoms with Gasteiger partial charge in [0, 0.05) is 15.6 Å². The molecule has 0 atom stereocenters. The van der Waals surface area contributed by atoms with Crippen molar-refractivity contribution in [1.82, 2.24) is 0 Å². The van der Waals surface area contributed by atoms with E-state index in [4.69, 9.17) is 27.9 Å². The number of rotatable bonds is 1. The molecule has 0 bridgehead atoms. The van der Waals surface area contributed by atoms with Gasteiger partial charge in [0.15, 0.2) is 0 Å². The fraction of sp³-hybridized carbons (Fsp3) is 0.200. The first-order valence-corrected chi connectivity index (χ1v) is 8.86. The van der Waals surface area contributed by atoms with Gasteiger partial charge >= 0.3 is 6.09 Å². The third-order valence-electron chi connectivity index (χ3n) is 3.70. The fourth-order valence-electron chi connectivity index (χ4n) is 2.72. The van der Waals surface area contributed by atoms with E-state index in [1.165, 1.54) is 30.3 Å². The molecular formula is C20H16Cl2FNO3. The van der Waals surface area contributed by atoms with Crippen LogP contribution < -0.4 is 4.90 Å². The van der Waals surface area contributed by atoms with Gasteiger partial charge in [-0.15, -0.1) is 0 Å². The van der Waals surface area contributed by atoms with E-state index in [1.54, 1.807) is 32.9 Å². The molecule has 27 heavy (non-hydrogen) atoms. The third-order valence-corrected chi connectivity index (χ3v) is 4.15. The molecule has 0 saturated carbocycles. The molecule has 1 aliphatic heterocycles. The predicted octanol–water partition coefficient (Wildman–Crippen LogP) is 5.95. The summed E-state index contributed by atoms with van der Waals surface area (Å²) in [5.41, 5.74) is 0.647. The monoisotopic (exact) mass is 407 g/mol. The normalized spacial score (nSPS) is 15.3. The van der Waals surface area contributed by atoms with E-state index in [9.17, 15) is 14.0 Å². The number of hydrogen-bond acceptors (Lipinski definition) is 3. The van der Waals surface area contributed by atoms with Crippen LogP contribution in [0.2, 0.25) is 10.0 Å². The standard InChI is InChI=1S/C20H16Cl2FNO3/c1-20(2,3)27-19(26)24-17-10-12(21)4-5-15(17)16(18(24)25)8-11-6-13(22)9-14(23)7-11/h4-10H,1-3H3. The van der Waals surface area contributed by atoms with Crippen LogP contribution in [-0.2, 0) is 9.53 Å². The molecule has 0 unspecified atom stereocenters. The molecular weight excluding hydrogens is 392 g/mol. The largest absolute Gasteiger partial charge is 0.443 e. The lowest BCUT2D eigenvalue weighted by Crippen LogP contribution is -2.38. The van der Waals surface area contributed by atoms with Gasteiger partial charge in [0.25, 0.3) is 5.91 Å². The van der Waals surface area contributed by atoms with Crippen LogP contribution in [0.5, 0.6) is 0 Å². The Bertz CT molecular complexity index is 959. The Morgan fingerprint density at radius 3 is 2.44 bits per heavy atom. The average molecular weight is 408 g/mol. The minimum atomic E-state index is -0.809. The van der Waals surface area contributed by atoms with Crippen LogP contribution in [0.25, 0.3) is 11.6 Å². The van der Waals surface area contributed by atoms with E-state index >= 15 is 0 Å². The van der Waals surface area contributed by atoms with Crippen molar-refractivity contribution in [3.63, 3.8) is 0 Å². The predicted molar refractivity (Wildman–Crippen MR) is 104 cm³/mol. The first-order chi connectivity index (χ1) is 12.5. The zero-order chi connectivity index (χ0) is 19.9. The highest BCUT2D eigenvalue weighted by Gasteiger charge is 2.39. The van der Waals surface area contributed by atoms with Gasteiger partial charge in [-0.25, -0.2) is 14.1 Å². The molecule has 0 aliphatic carbocycles. The van der Waals surface area contributed by atoms with Crippen molar-refractivity contribution < 1.29 is 18.7 Å². The van der Waals surface area contributed by atoms with Crippen molar-refractivity contribution in [1.29, 1.82) is 0 Å². The molecule has 0 fully saturated rings. The molecule has 0 radical (unpaired) electrons. The number of carbonyl (C=O) groups is 2. The van der Waals surface area contributed by atoms with E-state index in [-0.39, 0.29) is 10.6 Å². The topological polar surface area (TPSA) is 46.6 Å². The molecule has 2 aromatic carbocycles. The van der Waals surface area contributed by atoms with Crippen molar-refractivity contribution in [3.05, 3.63) is 63.4 Å². The van der Waals surface area contributed by atoms with Crippen LogP contribution >= 0.6 is 23.2 Å². The zero-order valence-electron chi connectivity index (χ0n) is 14.8. The summed E-state index contributed by atoms with van der Waals surface area (Å²) in [5.74, 6) is -1.11. The Hall–Kier alpha value is -2.37. The Kier molecular flexibility index (Phi) is 5.02. The molecule has 2 aromatic rings. The number of hydrogen-bond donors (Lipinski definition) is 0. The highest BCUT2D eigenvalue weighted by Crippen LogP contribution is 2.40. The number of imide groups is 1. The maximum Gasteiger partial charge on any atom is 0.422 e. The summed E-state index contributed by atoms with van der Waals surface area (Å²) < 4.78 is 19.0. The summed E-state index contributed by atoms with van der Waals surface area (Å²) in [6, 6.07) is 8.69. The van der Waals surface area contributed by atoms with Gasteiger partial charge in [0.1, 0.15) is 11.4 Å². The van der Waals surface area contributed by atoms with Gasteiger partial charge in [0.2, 0.25) is 0 Å². The fourth-order valence-corrected chi connectivity index (χ4v) is 3.11. The van der Waals surface area contributed by atoms with Gasteiger partial charge in [-0.1, -0.05) is 29.3 Å². The minimum Gasteiger partial charge on any atom is -0.443 e. The van der Waals surface area contributed by atoms with Crippen molar-refractivity contribution in [2.24, 2.45) is 0 Å². The first-order valence-electron chi connectivity index (χ1n) is 8.10. The summed E-state index contributed by atoms with van der Waals surface area (Å²) in [7, 11) is 0. The van der Waals surface area contributed by atoms with Crippen molar-refractivity contribution in [2.75, 3.05) is 4.90 Å². The summed E-state index contributed by atoms with van der Waals surface area (Å²) >= 11 is 11.9. The van der Waals surface area contributed by atoms with Crippen LogP contribution in [-0.4, -0.2) is 17.6 Å². The highest BCUT2D eigenvalue weighted by atomic mass is 35.5. The van der Waals surface area contributed by atoms with E-state index in [1.807, 2.05) is 0 Å². The van der Waals surface area contributed by atoms with Gasteiger partial charge in [0.05, 0.1) is 11.3 Å². The van der Waals surface area contributed by atoms with Crippen LogP contribution in [0.15, 0.2) is 36.4 Å². The van der Waals surface area contributed by atoms with Crippen molar-refractivity contribution in [2.45, 2.75) is 26.4 Å². The van der Waals surface area contributed by atoms with Crippen molar-refractivity contribution >= 4 is 52.5 Å². The SMILES string of the molecule is CC(C)(C)OC(=O)N1C(=O)C(=Cc2cc(F)cc(Cl)c2)c2ccc(Cl)cc21. The van der Waals surface area contributed by atoms with Gasteiger partial charge < -0.3 is 4.74 Å². The molecule has 7 heteroatoms. The molecule has 0 N–H and O–H groups in total. The molecule has 1 aliphatic rings. The second-order valence-electron chi connectivity index (χ2n) is 7.04. The number of amides is 2. The average Bonchev–Trinajstić information content (AvgIpc) is 2.76. The quantitative estimate of drug-likeness (QED) is 0.548. The highest BCUT2D eigenvalue weighted by molar-refractivity contribution is 6.42. The third kappa shape index (κ3) is 4.15. The number of nitrogens with zero attached hydrogens (tertiary/aromatic N) is 1. The number of fused-ring (bicyclic) bond motifs is 1. The molecule has 2 amide bonds. The van der Waals surface area contributed by atoms with E-state index < -0.39 is 23.4 Å². The van der Waals surface area contributed by atoms with Gasteiger partial charge in [-0.05, 0) is 62.7 Å². The van der Waals surface area contributed by atoms with Crippen LogP contribution in [0.3, 0.4) is 0 Å². The van der Waals surface area contributed by atoms with Gasteiger partial charge in [-0.3, -0.25) is 4.79 Å². The number of benzene rings is 2. The molecule has 0 spiro atoms. The van der Waals surface area contributed by atoms with Crippen LogP contribution in [0.4, 0.5) is 14.9 Å². The van der Waals surface area contributed by atoms with Gasteiger partial charge in [-0.2, -0.15) is 0 Å². The summed E-state index contributed by atoms with van der Waals surface area (Å²) in [4.78, 5) is 26.5. The molecule has 1 heterocycles. The lowest BCUT2D eigenvalue weighted by atomic mass is 10.0. The Morgan fingerprint density at radius 2 is 1.81 bits per heavy atom. The molecule has 0 aromatic heterocycles. The van der Waals surface area contributed by atoms with E-state index in [0.717, 1.165) is 4.90 Å². The van der Waals surface area contributed by atoms with Crippen molar-refractivity contribution in [3.8, 4) is 0 Å². The zero-order valence-corrected chi connectivity index (χ0v) is 16.4. The second-order valence-corrected chi connectivity index (χ2v) is 7.92. The molecule has 140 valence electrons. The Morgan fingerprint density at radius 1 is 1.11 bits per heavy atom. The van der Waals surface area contributed by atoms with Crippen LogP contribution in [0, 0.1) is 5.82 Å². The lowest BCUT2D eigenvalue weighted by molar-refractivity contribution is -0.112.